The van der Waals surface area contributed by atoms with Gasteiger partial charge in [-0.1, -0.05) is 22.0 Å². The molecule has 0 aromatic heterocycles. The second-order valence-corrected chi connectivity index (χ2v) is 8.05. The molecule has 1 fully saturated rings. The summed E-state index contributed by atoms with van der Waals surface area (Å²) in [4.78, 5) is 0.414. The first-order valence-corrected chi connectivity index (χ1v) is 9.10. The Morgan fingerprint density at radius 1 is 1.45 bits per heavy atom. The lowest BCUT2D eigenvalue weighted by Gasteiger charge is -2.32. The second kappa shape index (κ2) is 6.56. The van der Waals surface area contributed by atoms with E-state index in [1.165, 1.54) is 0 Å². The van der Waals surface area contributed by atoms with E-state index in [0.717, 1.165) is 29.4 Å². The zero-order valence-corrected chi connectivity index (χ0v) is 14.3. The zero-order chi connectivity index (χ0) is 14.8. The predicted molar refractivity (Wildman–Crippen MR) is 84.3 cm³/mol. The van der Waals surface area contributed by atoms with Gasteiger partial charge in [-0.2, -0.15) is 4.31 Å². The van der Waals surface area contributed by atoms with Crippen LogP contribution in [0.15, 0.2) is 27.6 Å². The van der Waals surface area contributed by atoms with E-state index >= 15 is 0 Å². The topological polar surface area (TPSA) is 49.4 Å². The lowest BCUT2D eigenvalue weighted by atomic mass is 10.00. The molecule has 1 aliphatic heterocycles. The van der Waals surface area contributed by atoms with E-state index in [9.17, 15) is 8.42 Å². The average molecular weight is 361 g/mol. The first-order valence-electron chi connectivity index (χ1n) is 6.86. The van der Waals surface area contributed by atoms with Crippen molar-refractivity contribution >= 4 is 26.0 Å². The Kier molecular flexibility index (Phi) is 5.23. The molecule has 1 atom stereocenters. The van der Waals surface area contributed by atoms with Gasteiger partial charge in [-0.25, -0.2) is 8.42 Å². The maximum absolute atomic E-state index is 12.8. The molecule has 1 saturated heterocycles. The van der Waals surface area contributed by atoms with E-state index in [4.69, 9.17) is 0 Å². The molecule has 0 aliphatic carbocycles. The van der Waals surface area contributed by atoms with Crippen LogP contribution < -0.4 is 5.32 Å². The molecule has 1 aliphatic rings. The van der Waals surface area contributed by atoms with E-state index in [0.29, 0.717) is 23.9 Å². The van der Waals surface area contributed by atoms with Crippen molar-refractivity contribution in [1.82, 2.24) is 9.62 Å². The molecule has 0 spiro atoms. The van der Waals surface area contributed by atoms with E-state index in [1.807, 2.05) is 20.0 Å². The third kappa shape index (κ3) is 3.24. The van der Waals surface area contributed by atoms with Gasteiger partial charge in [0.25, 0.3) is 0 Å². The Morgan fingerprint density at radius 2 is 2.20 bits per heavy atom. The molecular weight excluding hydrogens is 340 g/mol. The molecule has 0 bridgehead atoms. The SMILES string of the molecule is CNC[C@@H]1CCCN(S(=O)(=O)c2cccc(Br)c2C)C1. The van der Waals surface area contributed by atoms with Gasteiger partial charge in [-0.05, 0) is 57.0 Å². The van der Waals surface area contributed by atoms with Crippen molar-refractivity contribution in [3.8, 4) is 0 Å². The molecule has 2 rings (SSSR count). The highest BCUT2D eigenvalue weighted by Gasteiger charge is 2.31. The monoisotopic (exact) mass is 360 g/mol. The fourth-order valence-corrected chi connectivity index (χ4v) is 5.01. The van der Waals surface area contributed by atoms with E-state index < -0.39 is 10.0 Å². The molecule has 0 unspecified atom stereocenters. The second-order valence-electron chi connectivity index (χ2n) is 5.29. The van der Waals surface area contributed by atoms with Gasteiger partial charge in [0.2, 0.25) is 10.0 Å². The molecule has 1 aromatic rings. The summed E-state index contributed by atoms with van der Waals surface area (Å²) in [6, 6.07) is 5.34. The average Bonchev–Trinajstić information content (AvgIpc) is 2.42. The van der Waals surface area contributed by atoms with Crippen LogP contribution >= 0.6 is 15.9 Å². The normalized spacial score (nSPS) is 21.1. The minimum absolute atomic E-state index is 0.399. The summed E-state index contributed by atoms with van der Waals surface area (Å²) in [5.41, 5.74) is 0.781. The molecule has 1 heterocycles. The van der Waals surface area contributed by atoms with E-state index in [2.05, 4.69) is 21.2 Å². The summed E-state index contributed by atoms with van der Waals surface area (Å²) in [7, 11) is -1.48. The Morgan fingerprint density at radius 3 is 2.90 bits per heavy atom. The molecule has 6 heteroatoms. The van der Waals surface area contributed by atoms with E-state index in [-0.39, 0.29) is 0 Å². The molecule has 4 nitrogen and oxygen atoms in total. The van der Waals surface area contributed by atoms with Crippen LogP contribution in [0.4, 0.5) is 0 Å². The molecular formula is C14H21BrN2O2S. The van der Waals surface area contributed by atoms with Crippen molar-refractivity contribution in [3.05, 3.63) is 28.2 Å². The van der Waals surface area contributed by atoms with Crippen molar-refractivity contribution in [1.29, 1.82) is 0 Å². The molecule has 0 saturated carbocycles. The van der Waals surface area contributed by atoms with Crippen LogP contribution in [0.2, 0.25) is 0 Å². The minimum Gasteiger partial charge on any atom is -0.319 e. The van der Waals surface area contributed by atoms with Crippen LogP contribution in [0.5, 0.6) is 0 Å². The van der Waals surface area contributed by atoms with Gasteiger partial charge in [0.15, 0.2) is 0 Å². The zero-order valence-electron chi connectivity index (χ0n) is 11.9. The maximum atomic E-state index is 12.8. The quantitative estimate of drug-likeness (QED) is 0.896. The van der Waals surface area contributed by atoms with E-state index in [1.54, 1.807) is 16.4 Å². The highest BCUT2D eigenvalue weighted by Crippen LogP contribution is 2.28. The van der Waals surface area contributed by atoms with Gasteiger partial charge in [-0.15, -0.1) is 0 Å². The summed E-state index contributed by atoms with van der Waals surface area (Å²) in [6.45, 7) is 3.93. The van der Waals surface area contributed by atoms with Crippen LogP contribution in [0.25, 0.3) is 0 Å². The van der Waals surface area contributed by atoms with Crippen LogP contribution in [0, 0.1) is 12.8 Å². The fourth-order valence-electron chi connectivity index (χ4n) is 2.71. The van der Waals surface area contributed by atoms with Crippen molar-refractivity contribution in [2.24, 2.45) is 5.92 Å². The maximum Gasteiger partial charge on any atom is 0.243 e. The summed E-state index contributed by atoms with van der Waals surface area (Å²) in [5, 5.41) is 3.14. The Bertz CT molecular complexity index is 573. The largest absolute Gasteiger partial charge is 0.319 e. The molecule has 1 aromatic carbocycles. The number of hydrogen-bond donors (Lipinski definition) is 1. The molecule has 0 amide bonds. The number of piperidine rings is 1. The summed E-state index contributed by atoms with van der Waals surface area (Å²) >= 11 is 3.41. The van der Waals surface area contributed by atoms with Crippen LogP contribution in [-0.4, -0.2) is 39.4 Å². The third-order valence-electron chi connectivity index (χ3n) is 3.81. The van der Waals surface area contributed by atoms with Crippen LogP contribution in [0.3, 0.4) is 0 Å². The standard InChI is InChI=1S/C14H21BrN2O2S/c1-11-13(15)6-3-7-14(11)20(18,19)17-8-4-5-12(10-17)9-16-2/h3,6-7,12,16H,4-5,8-10H2,1-2H3/t12-/m0/s1. The van der Waals surface area contributed by atoms with Crippen molar-refractivity contribution in [2.75, 3.05) is 26.7 Å². The number of nitrogens with one attached hydrogen (secondary N) is 1. The van der Waals surface area contributed by atoms with Crippen molar-refractivity contribution in [2.45, 2.75) is 24.7 Å². The van der Waals surface area contributed by atoms with Gasteiger partial charge >= 0.3 is 0 Å². The first-order chi connectivity index (χ1) is 9.46. The smallest absolute Gasteiger partial charge is 0.243 e. The van der Waals surface area contributed by atoms with Gasteiger partial charge < -0.3 is 5.32 Å². The lowest BCUT2D eigenvalue weighted by molar-refractivity contribution is 0.263. The fraction of sp³-hybridized carbons (Fsp3) is 0.571. The number of rotatable bonds is 4. The highest BCUT2D eigenvalue weighted by molar-refractivity contribution is 9.10. The van der Waals surface area contributed by atoms with Crippen molar-refractivity contribution < 1.29 is 8.42 Å². The number of hydrogen-bond acceptors (Lipinski definition) is 3. The first kappa shape index (κ1) is 15.9. The molecule has 1 N–H and O–H groups in total. The molecule has 20 heavy (non-hydrogen) atoms. The summed E-state index contributed by atoms with van der Waals surface area (Å²) < 4.78 is 28.1. The van der Waals surface area contributed by atoms with Gasteiger partial charge in [-0.3, -0.25) is 0 Å². The molecule has 112 valence electrons. The number of nitrogens with zero attached hydrogens (tertiary/aromatic N) is 1. The number of halogens is 1. The van der Waals surface area contributed by atoms with Gasteiger partial charge in [0.05, 0.1) is 4.90 Å². The number of benzene rings is 1. The Labute approximate surface area is 129 Å². The van der Waals surface area contributed by atoms with Crippen LogP contribution in [0.1, 0.15) is 18.4 Å². The third-order valence-corrected chi connectivity index (χ3v) is 6.68. The minimum atomic E-state index is -3.39. The van der Waals surface area contributed by atoms with Crippen LogP contribution in [-0.2, 0) is 10.0 Å². The van der Waals surface area contributed by atoms with Gasteiger partial charge in [0, 0.05) is 17.6 Å². The predicted octanol–water partition coefficient (Wildman–Crippen LogP) is 2.38. The van der Waals surface area contributed by atoms with Gasteiger partial charge in [0.1, 0.15) is 0 Å². The van der Waals surface area contributed by atoms with Crippen molar-refractivity contribution in [3.63, 3.8) is 0 Å². The number of sulfonamides is 1. The summed E-state index contributed by atoms with van der Waals surface area (Å²) in [5.74, 6) is 0.399. The highest BCUT2D eigenvalue weighted by atomic mass is 79.9. The lowest BCUT2D eigenvalue weighted by Crippen LogP contribution is -2.42. The Balaban J connectivity index is 2.28. The Hall–Kier alpha value is -0.430. The summed E-state index contributed by atoms with van der Waals surface area (Å²) in [6.07, 6.45) is 2.02. The molecule has 0 radical (unpaired) electrons.